The minimum Gasteiger partial charge on any atom is -0.305 e. The second kappa shape index (κ2) is 6.71. The number of carbonyl (C=O) groups is 1. The molecule has 3 heterocycles. The van der Waals surface area contributed by atoms with Gasteiger partial charge in [0.1, 0.15) is 0 Å². The summed E-state index contributed by atoms with van der Waals surface area (Å²) in [6, 6.07) is 17.2. The summed E-state index contributed by atoms with van der Waals surface area (Å²) >= 11 is 0. The van der Waals surface area contributed by atoms with Gasteiger partial charge in [0.05, 0.1) is 11.7 Å². The van der Waals surface area contributed by atoms with Crippen LogP contribution in [0.4, 0.5) is 5.69 Å². The number of nitrogens with zero attached hydrogens (tertiary/aromatic N) is 3. The van der Waals surface area contributed by atoms with Gasteiger partial charge >= 0.3 is 0 Å². The molecular formula is C24H29N3O. The molecule has 3 aliphatic rings. The van der Waals surface area contributed by atoms with Crippen LogP contribution in [0.3, 0.4) is 0 Å². The average Bonchev–Trinajstić information content (AvgIpc) is 2.98. The SMILES string of the molecule is CC1(C)Cc2cccc3c2N1C(=O)C(N1CCN(Cc2ccccc2)CC1)C3. The van der Waals surface area contributed by atoms with Crippen LogP contribution < -0.4 is 4.90 Å². The molecule has 0 bridgehead atoms. The Morgan fingerprint density at radius 2 is 1.64 bits per heavy atom. The molecule has 4 nitrogen and oxygen atoms in total. The van der Waals surface area contributed by atoms with E-state index in [2.05, 4.69) is 77.1 Å². The number of piperazine rings is 1. The van der Waals surface area contributed by atoms with Crippen LogP contribution in [-0.4, -0.2) is 53.5 Å². The fraction of sp³-hybridized carbons (Fsp3) is 0.458. The summed E-state index contributed by atoms with van der Waals surface area (Å²) in [4.78, 5) is 20.6. The highest BCUT2D eigenvalue weighted by Gasteiger charge is 2.48. The Kier molecular flexibility index (Phi) is 4.29. The Balaban J connectivity index is 1.31. The van der Waals surface area contributed by atoms with E-state index in [9.17, 15) is 4.79 Å². The molecule has 2 aromatic carbocycles. The lowest BCUT2D eigenvalue weighted by Gasteiger charge is -2.45. The van der Waals surface area contributed by atoms with Gasteiger partial charge in [-0.05, 0) is 43.4 Å². The first kappa shape index (κ1) is 17.9. The number of carbonyl (C=O) groups excluding carboxylic acids is 1. The molecule has 146 valence electrons. The van der Waals surface area contributed by atoms with Gasteiger partial charge in [0.15, 0.2) is 0 Å². The Morgan fingerprint density at radius 1 is 0.929 bits per heavy atom. The first-order chi connectivity index (χ1) is 13.5. The van der Waals surface area contributed by atoms with E-state index in [0.717, 1.165) is 45.6 Å². The number of amides is 1. The lowest BCUT2D eigenvalue weighted by atomic mass is 9.94. The summed E-state index contributed by atoms with van der Waals surface area (Å²) in [5.74, 6) is 0.305. The van der Waals surface area contributed by atoms with Crippen molar-refractivity contribution in [2.75, 3.05) is 31.1 Å². The third-order valence-electron chi connectivity index (χ3n) is 6.67. The van der Waals surface area contributed by atoms with E-state index in [-0.39, 0.29) is 11.6 Å². The monoisotopic (exact) mass is 375 g/mol. The Morgan fingerprint density at radius 3 is 2.39 bits per heavy atom. The maximum atomic E-state index is 13.5. The fourth-order valence-corrected chi connectivity index (χ4v) is 5.30. The van der Waals surface area contributed by atoms with Crippen LogP contribution in [0.25, 0.3) is 0 Å². The van der Waals surface area contributed by atoms with Gasteiger partial charge in [0, 0.05) is 38.3 Å². The number of hydrogen-bond donors (Lipinski definition) is 0. The van der Waals surface area contributed by atoms with Crippen LogP contribution in [0.2, 0.25) is 0 Å². The quantitative estimate of drug-likeness (QED) is 0.825. The molecule has 0 N–H and O–H groups in total. The van der Waals surface area contributed by atoms with E-state index >= 15 is 0 Å². The third-order valence-corrected chi connectivity index (χ3v) is 6.67. The third kappa shape index (κ3) is 2.96. The summed E-state index contributed by atoms with van der Waals surface area (Å²) in [6.07, 6.45) is 1.81. The van der Waals surface area contributed by atoms with Gasteiger partial charge in [-0.15, -0.1) is 0 Å². The molecule has 0 aliphatic carbocycles. The Labute approximate surface area is 167 Å². The Bertz CT molecular complexity index is 884. The molecule has 0 spiro atoms. The fourth-order valence-electron chi connectivity index (χ4n) is 5.30. The van der Waals surface area contributed by atoms with Gasteiger partial charge in [0.2, 0.25) is 5.91 Å². The second-order valence-corrected chi connectivity index (χ2v) is 9.11. The van der Waals surface area contributed by atoms with Crippen molar-refractivity contribution in [2.24, 2.45) is 0 Å². The zero-order valence-corrected chi connectivity index (χ0v) is 16.9. The van der Waals surface area contributed by atoms with Gasteiger partial charge in [-0.1, -0.05) is 48.5 Å². The van der Waals surface area contributed by atoms with Gasteiger partial charge in [-0.2, -0.15) is 0 Å². The van der Waals surface area contributed by atoms with Crippen LogP contribution in [0.15, 0.2) is 48.5 Å². The van der Waals surface area contributed by atoms with Gasteiger partial charge in [-0.25, -0.2) is 0 Å². The van der Waals surface area contributed by atoms with Crippen molar-refractivity contribution in [2.45, 2.75) is 44.8 Å². The normalized spacial score (nSPS) is 24.4. The number of para-hydroxylation sites is 1. The van der Waals surface area contributed by atoms with Crippen LogP contribution in [-0.2, 0) is 24.2 Å². The van der Waals surface area contributed by atoms with Crippen molar-refractivity contribution in [3.63, 3.8) is 0 Å². The zero-order valence-electron chi connectivity index (χ0n) is 16.9. The van der Waals surface area contributed by atoms with Gasteiger partial charge in [-0.3, -0.25) is 14.6 Å². The first-order valence-corrected chi connectivity index (χ1v) is 10.5. The summed E-state index contributed by atoms with van der Waals surface area (Å²) in [6.45, 7) is 9.38. The van der Waals surface area contributed by atoms with Crippen molar-refractivity contribution >= 4 is 11.6 Å². The lowest BCUT2D eigenvalue weighted by molar-refractivity contribution is -0.126. The first-order valence-electron chi connectivity index (χ1n) is 10.5. The molecule has 4 heteroatoms. The maximum Gasteiger partial charge on any atom is 0.245 e. The highest BCUT2D eigenvalue weighted by Crippen LogP contribution is 2.45. The standard InChI is InChI=1S/C24H29N3O/c1-24(2)16-20-10-6-9-19-15-21(23(28)27(24)22(19)20)26-13-11-25(12-14-26)17-18-7-4-3-5-8-18/h3-10,21H,11-17H2,1-2H3. The molecular weight excluding hydrogens is 346 g/mol. The number of rotatable bonds is 3. The molecule has 1 fully saturated rings. The number of hydrogen-bond acceptors (Lipinski definition) is 3. The van der Waals surface area contributed by atoms with Crippen molar-refractivity contribution in [1.82, 2.24) is 9.80 Å². The second-order valence-electron chi connectivity index (χ2n) is 9.11. The summed E-state index contributed by atoms with van der Waals surface area (Å²) in [7, 11) is 0. The molecule has 1 saturated heterocycles. The summed E-state index contributed by atoms with van der Waals surface area (Å²) in [5, 5.41) is 0. The molecule has 0 saturated carbocycles. The summed E-state index contributed by atoms with van der Waals surface area (Å²) in [5.41, 5.74) is 5.13. The predicted molar refractivity (Wildman–Crippen MR) is 112 cm³/mol. The van der Waals surface area contributed by atoms with E-state index < -0.39 is 0 Å². The largest absolute Gasteiger partial charge is 0.305 e. The zero-order chi connectivity index (χ0) is 19.3. The van der Waals surface area contributed by atoms with Crippen molar-refractivity contribution in [3.8, 4) is 0 Å². The van der Waals surface area contributed by atoms with E-state index in [1.165, 1.54) is 22.4 Å². The topological polar surface area (TPSA) is 26.8 Å². The van der Waals surface area contributed by atoms with Crippen LogP contribution in [0.5, 0.6) is 0 Å². The van der Waals surface area contributed by atoms with Crippen LogP contribution in [0, 0.1) is 0 Å². The van der Waals surface area contributed by atoms with Crippen LogP contribution >= 0.6 is 0 Å². The van der Waals surface area contributed by atoms with E-state index in [1.54, 1.807) is 0 Å². The molecule has 3 aliphatic heterocycles. The molecule has 1 unspecified atom stereocenters. The molecule has 1 amide bonds. The molecule has 5 rings (SSSR count). The molecule has 28 heavy (non-hydrogen) atoms. The molecule has 0 radical (unpaired) electrons. The van der Waals surface area contributed by atoms with E-state index in [4.69, 9.17) is 0 Å². The molecule has 2 aromatic rings. The van der Waals surface area contributed by atoms with Crippen molar-refractivity contribution in [3.05, 3.63) is 65.2 Å². The van der Waals surface area contributed by atoms with Gasteiger partial charge < -0.3 is 4.90 Å². The smallest absolute Gasteiger partial charge is 0.245 e. The highest BCUT2D eigenvalue weighted by atomic mass is 16.2. The lowest BCUT2D eigenvalue weighted by Crippen LogP contribution is -2.60. The minimum absolute atomic E-state index is 0.0148. The van der Waals surface area contributed by atoms with E-state index in [0.29, 0.717) is 5.91 Å². The number of benzene rings is 2. The number of anilines is 1. The summed E-state index contributed by atoms with van der Waals surface area (Å²) < 4.78 is 0. The van der Waals surface area contributed by atoms with Crippen LogP contribution in [0.1, 0.15) is 30.5 Å². The van der Waals surface area contributed by atoms with E-state index in [1.807, 2.05) is 0 Å². The maximum absolute atomic E-state index is 13.5. The Hall–Kier alpha value is -2.17. The average molecular weight is 376 g/mol. The predicted octanol–water partition coefficient (Wildman–Crippen LogP) is 3.10. The molecule has 0 aromatic heterocycles. The highest BCUT2D eigenvalue weighted by molar-refractivity contribution is 6.03. The molecule has 1 atom stereocenters. The minimum atomic E-state index is -0.122. The van der Waals surface area contributed by atoms with Crippen molar-refractivity contribution in [1.29, 1.82) is 0 Å². The van der Waals surface area contributed by atoms with Gasteiger partial charge in [0.25, 0.3) is 0 Å². The van der Waals surface area contributed by atoms with Crippen molar-refractivity contribution < 1.29 is 4.79 Å².